The van der Waals surface area contributed by atoms with Gasteiger partial charge >= 0.3 is 5.97 Å². The van der Waals surface area contributed by atoms with Gasteiger partial charge < -0.3 is 23.8 Å². The Hall–Kier alpha value is -2.28. The minimum Gasteiger partial charge on any atom is -0.493 e. The van der Waals surface area contributed by atoms with Crippen molar-refractivity contribution >= 4 is 11.9 Å². The molecule has 2 saturated carbocycles. The highest BCUT2D eigenvalue weighted by Crippen LogP contribution is 2.66. The van der Waals surface area contributed by atoms with Crippen LogP contribution in [0.1, 0.15) is 77.8 Å². The molecule has 2 aliphatic carbocycles. The normalized spacial score (nSPS) is 31.0. The van der Waals surface area contributed by atoms with Crippen molar-refractivity contribution in [1.29, 1.82) is 0 Å². The summed E-state index contributed by atoms with van der Waals surface area (Å²) < 4.78 is 22.7. The predicted octanol–water partition coefficient (Wildman–Crippen LogP) is 4.92. The van der Waals surface area contributed by atoms with E-state index in [4.69, 9.17) is 18.9 Å². The molecule has 1 saturated heterocycles. The monoisotopic (exact) mass is 487 g/mol. The lowest BCUT2D eigenvalue weighted by atomic mass is 9.70. The van der Waals surface area contributed by atoms with Crippen molar-refractivity contribution in [2.24, 2.45) is 16.7 Å². The first-order valence-corrected chi connectivity index (χ1v) is 12.9. The van der Waals surface area contributed by atoms with E-state index in [9.17, 15) is 9.59 Å². The third kappa shape index (κ3) is 4.52. The number of rotatable bonds is 9. The molecule has 0 aromatic heterocycles. The van der Waals surface area contributed by atoms with Gasteiger partial charge in [-0.15, -0.1) is 0 Å². The molecule has 0 radical (unpaired) electrons. The summed E-state index contributed by atoms with van der Waals surface area (Å²) in [6, 6.07) is 4.98. The summed E-state index contributed by atoms with van der Waals surface area (Å²) in [5, 5.41) is 0. The molecule has 1 aromatic rings. The average molecular weight is 488 g/mol. The molecule has 4 rings (SSSR count). The van der Waals surface area contributed by atoms with Gasteiger partial charge in [-0.2, -0.15) is 0 Å². The molecular formula is C28H41NO6. The Morgan fingerprint density at radius 2 is 1.83 bits per heavy atom. The van der Waals surface area contributed by atoms with E-state index in [1.165, 1.54) is 13.3 Å². The van der Waals surface area contributed by atoms with Crippen LogP contribution in [0.5, 0.6) is 11.5 Å². The summed E-state index contributed by atoms with van der Waals surface area (Å²) in [6.07, 6.45) is 5.19. The lowest BCUT2D eigenvalue weighted by Gasteiger charge is -2.39. The zero-order valence-electron chi connectivity index (χ0n) is 22.1. The third-order valence-electron chi connectivity index (χ3n) is 9.32. The van der Waals surface area contributed by atoms with Crippen LogP contribution < -0.4 is 9.47 Å². The number of carbonyl (C=O) groups is 2. The van der Waals surface area contributed by atoms with Gasteiger partial charge in [-0.25, -0.2) is 4.79 Å². The Morgan fingerprint density at radius 3 is 2.43 bits per heavy atom. The second-order valence-electron chi connectivity index (χ2n) is 11.2. The molecule has 1 aliphatic heterocycles. The van der Waals surface area contributed by atoms with E-state index in [2.05, 4.69) is 20.8 Å². The van der Waals surface area contributed by atoms with Crippen LogP contribution in [0.25, 0.3) is 0 Å². The van der Waals surface area contributed by atoms with Crippen LogP contribution in [0.4, 0.5) is 0 Å². The van der Waals surface area contributed by atoms with Crippen molar-refractivity contribution < 1.29 is 28.5 Å². The largest absolute Gasteiger partial charge is 0.493 e. The van der Waals surface area contributed by atoms with Crippen LogP contribution in [0.2, 0.25) is 0 Å². The molecule has 4 unspecified atom stereocenters. The number of hydrogen-bond donors (Lipinski definition) is 0. The number of amides is 1. The molecule has 3 aliphatic rings. The smallest absolute Gasteiger partial charge is 0.329 e. The van der Waals surface area contributed by atoms with E-state index in [1.807, 2.05) is 18.2 Å². The van der Waals surface area contributed by atoms with Crippen LogP contribution in [-0.4, -0.2) is 56.4 Å². The molecule has 1 aromatic carbocycles. The molecule has 2 bridgehead atoms. The second kappa shape index (κ2) is 10.00. The highest BCUT2D eigenvalue weighted by Gasteiger charge is 2.63. The van der Waals surface area contributed by atoms with E-state index < -0.39 is 6.04 Å². The van der Waals surface area contributed by atoms with Gasteiger partial charge in [-0.3, -0.25) is 4.79 Å². The Morgan fingerprint density at radius 1 is 1.06 bits per heavy atom. The van der Waals surface area contributed by atoms with Gasteiger partial charge in [0.25, 0.3) is 0 Å². The van der Waals surface area contributed by atoms with E-state index in [-0.39, 0.29) is 34.9 Å². The van der Waals surface area contributed by atoms with Crippen LogP contribution >= 0.6 is 0 Å². The van der Waals surface area contributed by atoms with Gasteiger partial charge in [-0.1, -0.05) is 26.8 Å². The van der Waals surface area contributed by atoms with Crippen molar-refractivity contribution in [3.63, 3.8) is 0 Å². The van der Waals surface area contributed by atoms with Crippen molar-refractivity contribution in [1.82, 2.24) is 4.90 Å². The summed E-state index contributed by atoms with van der Waals surface area (Å²) >= 11 is 0. The van der Waals surface area contributed by atoms with Crippen LogP contribution in [0, 0.1) is 16.7 Å². The quantitative estimate of drug-likeness (QED) is 0.364. The summed E-state index contributed by atoms with van der Waals surface area (Å²) in [5.74, 6) is 1.48. The predicted molar refractivity (Wildman–Crippen MR) is 132 cm³/mol. The number of carbonyl (C=O) groups excluding carboxylic acids is 2. The summed E-state index contributed by atoms with van der Waals surface area (Å²) in [4.78, 5) is 27.9. The minimum atomic E-state index is -0.559. The summed E-state index contributed by atoms with van der Waals surface area (Å²) in [5.41, 5.74) is 1.10. The number of hydrogen-bond acceptors (Lipinski definition) is 6. The highest BCUT2D eigenvalue weighted by molar-refractivity contribution is 5.84. The molecule has 7 nitrogen and oxygen atoms in total. The van der Waals surface area contributed by atoms with Crippen LogP contribution in [0.15, 0.2) is 18.2 Å². The maximum atomic E-state index is 13.4. The molecule has 3 fully saturated rings. The molecule has 1 amide bonds. The number of fused-ring (bicyclic) bond motifs is 2. The zero-order chi connectivity index (χ0) is 25.4. The molecule has 35 heavy (non-hydrogen) atoms. The van der Waals surface area contributed by atoms with E-state index >= 15 is 0 Å². The standard InChI is InChI=1S/C28H41NO6/c1-18(30)29-21(19-8-11-23(33-6)24(16-19)34-15-7-14-32-5)9-10-22(29)26(31)35-25-17-20-12-13-28(25,4)27(20,2)3/h8,11,16,20-22,25H,7,9-10,12-15,17H2,1-6H3/t20?,21?,22?,25-,28?/m0/s1. The Bertz CT molecular complexity index is 945. The van der Waals surface area contributed by atoms with Crippen molar-refractivity contribution in [3.05, 3.63) is 23.8 Å². The second-order valence-corrected chi connectivity index (χ2v) is 11.2. The fourth-order valence-corrected chi connectivity index (χ4v) is 6.73. The first-order chi connectivity index (χ1) is 16.6. The first-order valence-electron chi connectivity index (χ1n) is 12.9. The number of ether oxygens (including phenoxy) is 4. The van der Waals surface area contributed by atoms with Crippen molar-refractivity contribution in [2.45, 2.75) is 84.4 Å². The number of nitrogens with zero attached hydrogens (tertiary/aromatic N) is 1. The molecule has 194 valence electrons. The molecular weight excluding hydrogens is 446 g/mol. The summed E-state index contributed by atoms with van der Waals surface area (Å²) in [7, 11) is 3.27. The zero-order valence-corrected chi connectivity index (χ0v) is 22.1. The lowest BCUT2D eigenvalue weighted by molar-refractivity contribution is -0.165. The Labute approximate surface area is 209 Å². The van der Waals surface area contributed by atoms with Gasteiger partial charge in [0.15, 0.2) is 11.5 Å². The molecule has 1 heterocycles. The van der Waals surface area contributed by atoms with E-state index in [0.717, 1.165) is 24.8 Å². The number of benzene rings is 1. The highest BCUT2D eigenvalue weighted by atomic mass is 16.5. The Kier molecular flexibility index (Phi) is 7.37. The first kappa shape index (κ1) is 25.8. The van der Waals surface area contributed by atoms with Gasteiger partial charge in [0, 0.05) is 32.5 Å². The molecule has 0 spiro atoms. The minimum absolute atomic E-state index is 0.00255. The van der Waals surface area contributed by atoms with Gasteiger partial charge in [0.1, 0.15) is 12.1 Å². The van der Waals surface area contributed by atoms with E-state index in [0.29, 0.717) is 43.5 Å². The van der Waals surface area contributed by atoms with Gasteiger partial charge in [0.05, 0.1) is 19.8 Å². The van der Waals surface area contributed by atoms with E-state index in [1.54, 1.807) is 19.1 Å². The van der Waals surface area contributed by atoms with Crippen LogP contribution in [0.3, 0.4) is 0 Å². The van der Waals surface area contributed by atoms with Crippen molar-refractivity contribution in [2.75, 3.05) is 27.4 Å². The number of methoxy groups -OCH3 is 2. The fraction of sp³-hybridized carbons (Fsp3) is 0.714. The number of likely N-dealkylation sites (tertiary alicyclic amines) is 1. The number of esters is 1. The third-order valence-corrected chi connectivity index (χ3v) is 9.32. The fourth-order valence-electron chi connectivity index (χ4n) is 6.73. The average Bonchev–Trinajstić information content (AvgIpc) is 3.42. The SMILES string of the molecule is COCCCOc1cc(C2CCC(C(=O)O[C@H]3CC4CCC3(C)C4(C)C)N2C(C)=O)ccc1OC. The molecule has 7 heteroatoms. The topological polar surface area (TPSA) is 74.3 Å². The lowest BCUT2D eigenvalue weighted by Crippen LogP contribution is -2.45. The summed E-state index contributed by atoms with van der Waals surface area (Å²) in [6.45, 7) is 9.54. The van der Waals surface area contributed by atoms with Gasteiger partial charge in [0.2, 0.25) is 5.91 Å². The van der Waals surface area contributed by atoms with Crippen molar-refractivity contribution in [3.8, 4) is 11.5 Å². The maximum absolute atomic E-state index is 13.4. The maximum Gasteiger partial charge on any atom is 0.329 e. The molecule has 0 N–H and O–H groups in total. The van der Waals surface area contributed by atoms with Crippen LogP contribution in [-0.2, 0) is 19.1 Å². The molecule has 5 atom stereocenters. The van der Waals surface area contributed by atoms with Gasteiger partial charge in [-0.05, 0) is 61.1 Å². The Balaban J connectivity index is 1.49.